The zero-order valence-corrected chi connectivity index (χ0v) is 9.24. The van der Waals surface area contributed by atoms with Crippen molar-refractivity contribution < 1.29 is 9.72 Å². The van der Waals surface area contributed by atoms with Gasteiger partial charge in [-0.15, -0.1) is 0 Å². The largest absolute Gasteiger partial charge is 0.294 e. The summed E-state index contributed by atoms with van der Waals surface area (Å²) in [6.07, 6.45) is 0. The maximum atomic E-state index is 11.2. The summed E-state index contributed by atoms with van der Waals surface area (Å²) < 4.78 is 0.173. The van der Waals surface area contributed by atoms with Gasteiger partial charge in [0.1, 0.15) is 11.6 Å². The van der Waals surface area contributed by atoms with Gasteiger partial charge in [-0.25, -0.2) is 0 Å². The monoisotopic (exact) mass is 268 g/mol. The maximum Gasteiger partial charge on any atom is 0.281 e. The lowest BCUT2D eigenvalue weighted by Crippen LogP contribution is -2.02. The van der Waals surface area contributed by atoms with E-state index in [1.165, 1.54) is 13.0 Å². The van der Waals surface area contributed by atoms with Gasteiger partial charge in [-0.2, -0.15) is 5.26 Å². The molecule has 5 nitrogen and oxygen atoms in total. The Bertz CT molecular complexity index is 491. The predicted octanol–water partition coefficient (Wildman–Crippen LogP) is 2.43. The second-order valence-electron chi connectivity index (χ2n) is 2.75. The summed E-state index contributed by atoms with van der Waals surface area (Å²) in [5.41, 5.74) is -0.168. The Morgan fingerprint density at radius 3 is 2.60 bits per heavy atom. The van der Waals surface area contributed by atoms with Crippen LogP contribution in [0.15, 0.2) is 16.6 Å². The maximum absolute atomic E-state index is 11.2. The number of nitriles is 1. The number of benzene rings is 1. The van der Waals surface area contributed by atoms with Gasteiger partial charge in [-0.1, -0.05) is 0 Å². The SMILES string of the molecule is CC(=O)c1c([N+](=O)[O-])ccc(C#N)c1Br. The molecule has 0 fully saturated rings. The van der Waals surface area contributed by atoms with Crippen LogP contribution in [-0.4, -0.2) is 10.7 Å². The van der Waals surface area contributed by atoms with Crippen molar-refractivity contribution in [3.63, 3.8) is 0 Å². The number of nitrogens with zero attached hydrogens (tertiary/aromatic N) is 2. The van der Waals surface area contributed by atoms with E-state index in [4.69, 9.17) is 5.26 Å². The minimum Gasteiger partial charge on any atom is -0.294 e. The first-order valence-electron chi connectivity index (χ1n) is 3.87. The van der Waals surface area contributed by atoms with Gasteiger partial charge < -0.3 is 0 Å². The van der Waals surface area contributed by atoms with Crippen LogP contribution in [-0.2, 0) is 0 Å². The Morgan fingerprint density at radius 2 is 2.20 bits per heavy atom. The highest BCUT2D eigenvalue weighted by atomic mass is 79.9. The summed E-state index contributed by atoms with van der Waals surface area (Å²) >= 11 is 3.01. The molecule has 0 amide bonds. The molecule has 15 heavy (non-hydrogen) atoms. The highest BCUT2D eigenvalue weighted by molar-refractivity contribution is 9.10. The van der Waals surface area contributed by atoms with Crippen molar-refractivity contribution in [3.05, 3.63) is 37.8 Å². The lowest BCUT2D eigenvalue weighted by molar-refractivity contribution is -0.385. The molecule has 0 saturated carbocycles. The molecule has 0 unspecified atom stereocenters. The molecular weight excluding hydrogens is 264 g/mol. The highest BCUT2D eigenvalue weighted by Gasteiger charge is 2.22. The van der Waals surface area contributed by atoms with Crippen molar-refractivity contribution in [1.82, 2.24) is 0 Å². The number of halogens is 1. The number of nitro groups is 1. The first-order chi connectivity index (χ1) is 6.99. The van der Waals surface area contributed by atoms with E-state index in [1.54, 1.807) is 0 Å². The smallest absolute Gasteiger partial charge is 0.281 e. The molecule has 0 saturated heterocycles. The molecule has 0 radical (unpaired) electrons. The quantitative estimate of drug-likeness (QED) is 0.469. The Hall–Kier alpha value is -1.74. The molecule has 0 bridgehead atoms. The molecule has 0 atom stereocenters. The lowest BCUT2D eigenvalue weighted by Gasteiger charge is -2.02. The van der Waals surface area contributed by atoms with Crippen molar-refractivity contribution >= 4 is 27.4 Å². The first kappa shape index (κ1) is 11.3. The van der Waals surface area contributed by atoms with E-state index in [-0.39, 0.29) is 21.3 Å². The molecule has 0 N–H and O–H groups in total. The van der Waals surface area contributed by atoms with Crippen LogP contribution in [0.2, 0.25) is 0 Å². The number of carbonyl (C=O) groups excluding carboxylic acids is 1. The number of carbonyl (C=O) groups is 1. The zero-order valence-electron chi connectivity index (χ0n) is 7.65. The van der Waals surface area contributed by atoms with Gasteiger partial charge in [-0.05, 0) is 28.9 Å². The molecule has 6 heteroatoms. The number of nitro benzene ring substituents is 1. The standard InChI is InChI=1S/C9H5BrN2O3/c1-5(13)8-7(12(14)15)3-2-6(4-11)9(8)10/h2-3H,1H3. The second kappa shape index (κ2) is 4.19. The number of Topliss-reactive ketones (excluding diaryl/α,β-unsaturated/α-hetero) is 1. The fourth-order valence-corrected chi connectivity index (χ4v) is 1.84. The molecule has 0 heterocycles. The third-order valence-electron chi connectivity index (χ3n) is 1.79. The van der Waals surface area contributed by atoms with Crippen LogP contribution in [0.5, 0.6) is 0 Å². The van der Waals surface area contributed by atoms with E-state index >= 15 is 0 Å². The van der Waals surface area contributed by atoms with Crippen molar-refractivity contribution in [1.29, 1.82) is 5.26 Å². The van der Waals surface area contributed by atoms with Crippen molar-refractivity contribution in [2.24, 2.45) is 0 Å². The topological polar surface area (TPSA) is 84.0 Å². The van der Waals surface area contributed by atoms with E-state index in [0.717, 1.165) is 6.07 Å². The fourth-order valence-electron chi connectivity index (χ4n) is 1.14. The molecule has 0 aromatic heterocycles. The molecule has 0 aliphatic heterocycles. The Morgan fingerprint density at radius 1 is 1.60 bits per heavy atom. The normalized spacial score (nSPS) is 9.40. The third-order valence-corrected chi connectivity index (χ3v) is 2.61. The van der Waals surface area contributed by atoms with Gasteiger partial charge >= 0.3 is 0 Å². The molecule has 76 valence electrons. The van der Waals surface area contributed by atoms with E-state index in [2.05, 4.69) is 15.9 Å². The lowest BCUT2D eigenvalue weighted by atomic mass is 10.1. The highest BCUT2D eigenvalue weighted by Crippen LogP contribution is 2.30. The summed E-state index contributed by atoms with van der Waals surface area (Å²) in [4.78, 5) is 21.2. The summed E-state index contributed by atoms with van der Waals surface area (Å²) in [5, 5.41) is 19.3. The molecular formula is C9H5BrN2O3. The zero-order chi connectivity index (χ0) is 11.6. The van der Waals surface area contributed by atoms with Gasteiger partial charge in [0, 0.05) is 6.07 Å². The van der Waals surface area contributed by atoms with Crippen LogP contribution in [0, 0.1) is 21.4 Å². The third kappa shape index (κ3) is 2.02. The van der Waals surface area contributed by atoms with Crippen LogP contribution < -0.4 is 0 Å². The van der Waals surface area contributed by atoms with Gasteiger partial charge in [0.05, 0.1) is 15.0 Å². The molecule has 1 aromatic rings. The van der Waals surface area contributed by atoms with Crippen LogP contribution >= 0.6 is 15.9 Å². The minimum atomic E-state index is -0.650. The number of hydrogen-bond donors (Lipinski definition) is 0. The molecule has 0 aliphatic rings. The van der Waals surface area contributed by atoms with Gasteiger partial charge in [0.25, 0.3) is 5.69 Å². The van der Waals surface area contributed by atoms with E-state index in [1.807, 2.05) is 6.07 Å². The predicted molar refractivity (Wildman–Crippen MR) is 55.5 cm³/mol. The molecule has 0 aliphatic carbocycles. The van der Waals surface area contributed by atoms with Crippen LogP contribution in [0.1, 0.15) is 22.8 Å². The minimum absolute atomic E-state index is 0.0703. The van der Waals surface area contributed by atoms with E-state index in [9.17, 15) is 14.9 Å². The Balaban J connectivity index is 3.60. The Kier molecular flexibility index (Phi) is 3.17. The van der Waals surface area contributed by atoms with Crippen LogP contribution in [0.3, 0.4) is 0 Å². The average molecular weight is 269 g/mol. The van der Waals surface area contributed by atoms with E-state index in [0.29, 0.717) is 0 Å². The number of ketones is 1. The van der Waals surface area contributed by atoms with Crippen LogP contribution in [0.25, 0.3) is 0 Å². The molecule has 1 rings (SSSR count). The van der Waals surface area contributed by atoms with E-state index < -0.39 is 10.7 Å². The fraction of sp³-hybridized carbons (Fsp3) is 0.111. The summed E-state index contributed by atoms with van der Waals surface area (Å²) in [7, 11) is 0. The summed E-state index contributed by atoms with van der Waals surface area (Å²) in [6, 6.07) is 4.29. The van der Waals surface area contributed by atoms with Gasteiger partial charge in [0.15, 0.2) is 5.78 Å². The average Bonchev–Trinajstić information content (AvgIpc) is 2.16. The van der Waals surface area contributed by atoms with Gasteiger partial charge in [0.2, 0.25) is 0 Å². The molecule has 0 spiro atoms. The van der Waals surface area contributed by atoms with Crippen LogP contribution in [0.4, 0.5) is 5.69 Å². The van der Waals surface area contributed by atoms with Gasteiger partial charge in [-0.3, -0.25) is 14.9 Å². The van der Waals surface area contributed by atoms with Crippen molar-refractivity contribution in [2.45, 2.75) is 6.92 Å². The first-order valence-corrected chi connectivity index (χ1v) is 4.66. The summed E-state index contributed by atoms with van der Waals surface area (Å²) in [6.45, 7) is 1.22. The summed E-state index contributed by atoms with van der Waals surface area (Å²) in [5.74, 6) is -0.453. The van der Waals surface area contributed by atoms with Crippen molar-refractivity contribution in [3.8, 4) is 6.07 Å². The second-order valence-corrected chi connectivity index (χ2v) is 3.54. The molecule has 1 aromatic carbocycles. The van der Waals surface area contributed by atoms with Crippen molar-refractivity contribution in [2.75, 3.05) is 0 Å². The Labute approximate surface area is 93.6 Å². The number of hydrogen-bond acceptors (Lipinski definition) is 4. The number of rotatable bonds is 2.